The molecule has 3 heterocycles. The van der Waals surface area contributed by atoms with E-state index >= 15 is 0 Å². The molecule has 1 aliphatic rings. The normalized spacial score (nSPS) is 14.3. The van der Waals surface area contributed by atoms with E-state index in [-0.39, 0.29) is 22.2 Å². The summed E-state index contributed by atoms with van der Waals surface area (Å²) in [4.78, 5) is 23.2. The van der Waals surface area contributed by atoms with Gasteiger partial charge in [-0.2, -0.15) is 4.31 Å². The highest BCUT2D eigenvalue weighted by atomic mass is 32.2. The zero-order valence-electron chi connectivity index (χ0n) is 23.0. The number of hydrogen-bond donors (Lipinski definition) is 2. The van der Waals surface area contributed by atoms with Crippen LogP contribution in [0.25, 0.3) is 27.9 Å². The number of morpholine rings is 1. The smallest absolute Gasteiger partial charge is 0.257 e. The first-order valence-corrected chi connectivity index (χ1v) is 15.0. The Morgan fingerprint density at radius 1 is 0.976 bits per heavy atom. The minimum Gasteiger partial charge on any atom is -0.497 e. The van der Waals surface area contributed by atoms with Crippen LogP contribution < -0.4 is 15.8 Å². The number of carbonyl (C=O) groups excluding carboxylic acids is 1. The molecule has 216 valence electrons. The van der Waals surface area contributed by atoms with Crippen molar-refractivity contribution in [3.8, 4) is 11.4 Å². The number of sulfonamides is 1. The van der Waals surface area contributed by atoms with Gasteiger partial charge in [-0.3, -0.25) is 9.36 Å². The first-order chi connectivity index (χ1) is 20.4. The fraction of sp³-hybridized carbons (Fsp3) is 0.233. The minimum absolute atomic E-state index is 0.158. The number of nitrogens with two attached hydrogens (primary N) is 1. The third kappa shape index (κ3) is 5.15. The first kappa shape index (κ1) is 27.6. The van der Waals surface area contributed by atoms with Crippen LogP contribution in [0.2, 0.25) is 0 Å². The Morgan fingerprint density at radius 2 is 1.64 bits per heavy atom. The Balaban J connectivity index is 1.35. The molecule has 1 fully saturated rings. The molecule has 0 saturated carbocycles. The molecule has 12 heteroatoms. The van der Waals surface area contributed by atoms with Gasteiger partial charge < -0.3 is 20.5 Å². The number of anilines is 1. The summed E-state index contributed by atoms with van der Waals surface area (Å²) in [6, 6.07) is 21.4. The van der Waals surface area contributed by atoms with Crippen LogP contribution >= 0.6 is 0 Å². The molecule has 0 spiro atoms. The van der Waals surface area contributed by atoms with E-state index in [2.05, 4.69) is 5.32 Å². The van der Waals surface area contributed by atoms with E-state index in [4.69, 9.17) is 25.2 Å². The summed E-state index contributed by atoms with van der Waals surface area (Å²) in [6.07, 6.45) is 0.613. The molecule has 0 radical (unpaired) electrons. The summed E-state index contributed by atoms with van der Waals surface area (Å²) in [5.41, 5.74) is 10.5. The van der Waals surface area contributed by atoms with Crippen LogP contribution in [0.4, 0.5) is 5.82 Å². The van der Waals surface area contributed by atoms with Crippen molar-refractivity contribution in [1.29, 1.82) is 0 Å². The predicted octanol–water partition coefficient (Wildman–Crippen LogP) is 3.16. The summed E-state index contributed by atoms with van der Waals surface area (Å²) in [5, 5.41) is 2.96. The van der Waals surface area contributed by atoms with Gasteiger partial charge in [0, 0.05) is 25.3 Å². The fourth-order valence-electron chi connectivity index (χ4n) is 5.05. The summed E-state index contributed by atoms with van der Waals surface area (Å²) >= 11 is 0. The minimum atomic E-state index is -3.67. The van der Waals surface area contributed by atoms with E-state index in [1.807, 2.05) is 48.5 Å². The molecule has 2 aromatic heterocycles. The number of aromatic nitrogens is 3. The Labute approximate surface area is 242 Å². The Bertz CT molecular complexity index is 1870. The highest BCUT2D eigenvalue weighted by Gasteiger charge is 2.28. The lowest BCUT2D eigenvalue weighted by atomic mass is 10.1. The molecular weight excluding hydrogens is 556 g/mol. The maximum absolute atomic E-state index is 13.5. The molecule has 1 aliphatic heterocycles. The van der Waals surface area contributed by atoms with Crippen LogP contribution in [-0.4, -0.2) is 73.1 Å². The number of benzene rings is 3. The summed E-state index contributed by atoms with van der Waals surface area (Å²) < 4.78 is 39.8. The number of hydrogen-bond acceptors (Lipinski definition) is 8. The van der Waals surface area contributed by atoms with Crippen molar-refractivity contribution in [2.75, 3.05) is 45.7 Å². The van der Waals surface area contributed by atoms with Crippen molar-refractivity contribution in [1.82, 2.24) is 24.2 Å². The standard InChI is InChI=1S/C30H30N6O5S/c1-40-22-10-6-20(7-11-22)14-15-32-30(37)26-27-29(34-25-5-3-2-4-24(25)33-27)36(28(26)31)21-8-12-23(13-9-21)42(38,39)35-16-18-41-19-17-35/h2-13H,14-19,31H2,1H3,(H,32,37). The second-order valence-electron chi connectivity index (χ2n) is 9.84. The molecule has 0 aliphatic carbocycles. The molecule has 0 bridgehead atoms. The molecular formula is C30H30N6O5S. The largest absolute Gasteiger partial charge is 0.497 e. The van der Waals surface area contributed by atoms with E-state index in [0.29, 0.717) is 67.2 Å². The Hall–Kier alpha value is -4.52. The zero-order valence-corrected chi connectivity index (χ0v) is 23.8. The van der Waals surface area contributed by atoms with Crippen molar-refractivity contribution in [2.24, 2.45) is 0 Å². The molecule has 0 atom stereocenters. The lowest BCUT2D eigenvalue weighted by Gasteiger charge is -2.26. The van der Waals surface area contributed by atoms with E-state index in [0.717, 1.165) is 11.3 Å². The molecule has 3 aromatic carbocycles. The summed E-state index contributed by atoms with van der Waals surface area (Å²) in [6.45, 7) is 1.71. The van der Waals surface area contributed by atoms with Gasteiger partial charge in [0.25, 0.3) is 5.91 Å². The van der Waals surface area contributed by atoms with Gasteiger partial charge in [0.2, 0.25) is 10.0 Å². The summed E-state index contributed by atoms with van der Waals surface area (Å²) in [7, 11) is -2.06. The second kappa shape index (κ2) is 11.4. The maximum Gasteiger partial charge on any atom is 0.257 e. The average Bonchev–Trinajstić information content (AvgIpc) is 3.31. The monoisotopic (exact) mass is 586 g/mol. The molecule has 0 unspecified atom stereocenters. The molecule has 5 aromatic rings. The van der Waals surface area contributed by atoms with E-state index in [9.17, 15) is 13.2 Å². The van der Waals surface area contributed by atoms with Gasteiger partial charge in [0.1, 0.15) is 22.6 Å². The number of nitrogens with zero attached hydrogens (tertiary/aromatic N) is 4. The SMILES string of the molecule is COc1ccc(CCNC(=O)c2c(N)n(-c3ccc(S(=O)(=O)N4CCOCC4)cc3)c3nc4ccccc4nc23)cc1. The van der Waals surface area contributed by atoms with Crippen LogP contribution in [0.15, 0.2) is 77.7 Å². The fourth-order valence-corrected chi connectivity index (χ4v) is 6.46. The number of nitrogen functional groups attached to an aromatic ring is 1. The lowest BCUT2D eigenvalue weighted by Crippen LogP contribution is -2.40. The van der Waals surface area contributed by atoms with Gasteiger partial charge in [-0.05, 0) is 60.5 Å². The van der Waals surface area contributed by atoms with Crippen molar-refractivity contribution >= 4 is 43.9 Å². The third-order valence-electron chi connectivity index (χ3n) is 7.29. The van der Waals surface area contributed by atoms with Crippen LogP contribution in [0.3, 0.4) is 0 Å². The molecule has 6 rings (SSSR count). The van der Waals surface area contributed by atoms with Gasteiger partial charge in [-0.25, -0.2) is 18.4 Å². The number of fused-ring (bicyclic) bond motifs is 2. The quantitative estimate of drug-likeness (QED) is 0.283. The van der Waals surface area contributed by atoms with Crippen LogP contribution in [0.5, 0.6) is 5.75 Å². The number of nitrogens with one attached hydrogen (secondary N) is 1. The predicted molar refractivity (Wildman–Crippen MR) is 159 cm³/mol. The number of amides is 1. The van der Waals surface area contributed by atoms with E-state index in [1.54, 1.807) is 23.8 Å². The summed E-state index contributed by atoms with van der Waals surface area (Å²) in [5.74, 6) is 0.549. The van der Waals surface area contributed by atoms with Crippen molar-refractivity contribution in [3.63, 3.8) is 0 Å². The first-order valence-electron chi connectivity index (χ1n) is 13.5. The van der Waals surface area contributed by atoms with E-state index in [1.165, 1.54) is 16.4 Å². The van der Waals surface area contributed by atoms with Crippen molar-refractivity contribution in [2.45, 2.75) is 11.3 Å². The lowest BCUT2D eigenvalue weighted by molar-refractivity contribution is 0.0730. The molecule has 42 heavy (non-hydrogen) atoms. The van der Waals surface area contributed by atoms with Crippen LogP contribution in [-0.2, 0) is 21.2 Å². The number of rotatable bonds is 8. The van der Waals surface area contributed by atoms with Gasteiger partial charge >= 0.3 is 0 Å². The number of methoxy groups -OCH3 is 1. The van der Waals surface area contributed by atoms with Gasteiger partial charge in [0.05, 0.1) is 36.3 Å². The average molecular weight is 587 g/mol. The molecule has 3 N–H and O–H groups in total. The van der Waals surface area contributed by atoms with Gasteiger partial charge in [-0.15, -0.1) is 0 Å². The molecule has 1 saturated heterocycles. The maximum atomic E-state index is 13.5. The van der Waals surface area contributed by atoms with Crippen LogP contribution in [0, 0.1) is 0 Å². The topological polar surface area (TPSA) is 142 Å². The molecule has 1 amide bonds. The number of para-hydroxylation sites is 2. The Morgan fingerprint density at radius 3 is 2.31 bits per heavy atom. The highest BCUT2D eigenvalue weighted by molar-refractivity contribution is 7.89. The number of carbonyl (C=O) groups is 1. The van der Waals surface area contributed by atoms with E-state index < -0.39 is 10.0 Å². The zero-order chi connectivity index (χ0) is 29.3. The Kier molecular flexibility index (Phi) is 7.50. The third-order valence-corrected chi connectivity index (χ3v) is 9.20. The van der Waals surface area contributed by atoms with Gasteiger partial charge in [-0.1, -0.05) is 24.3 Å². The number of ether oxygens (including phenoxy) is 2. The van der Waals surface area contributed by atoms with Crippen molar-refractivity contribution < 1.29 is 22.7 Å². The highest BCUT2D eigenvalue weighted by Crippen LogP contribution is 2.31. The van der Waals surface area contributed by atoms with Crippen molar-refractivity contribution in [3.05, 3.63) is 83.9 Å². The second-order valence-corrected chi connectivity index (χ2v) is 11.8. The van der Waals surface area contributed by atoms with Gasteiger partial charge in [0.15, 0.2) is 5.65 Å². The molecule has 11 nitrogen and oxygen atoms in total. The van der Waals surface area contributed by atoms with Crippen LogP contribution in [0.1, 0.15) is 15.9 Å².